The van der Waals surface area contributed by atoms with Gasteiger partial charge in [0.1, 0.15) is 6.61 Å². The van der Waals surface area contributed by atoms with E-state index in [2.05, 4.69) is 15.0 Å². The molecule has 94 valence electrons. The lowest BCUT2D eigenvalue weighted by Gasteiger charge is -2.12. The first-order chi connectivity index (χ1) is 8.17. The van der Waals surface area contributed by atoms with E-state index in [0.717, 1.165) is 12.8 Å². The smallest absolute Gasteiger partial charge is 0.323 e. The molecule has 2 heterocycles. The monoisotopic (exact) mass is 241 g/mol. The number of aromatic nitrogens is 3. The third-order valence-electron chi connectivity index (χ3n) is 2.45. The van der Waals surface area contributed by atoms with Crippen LogP contribution in [0, 0.1) is 0 Å². The fourth-order valence-corrected chi connectivity index (χ4v) is 1.66. The van der Waals surface area contributed by atoms with Crippen LogP contribution in [-0.2, 0) is 4.74 Å². The van der Waals surface area contributed by atoms with Crippen molar-refractivity contribution in [1.29, 1.82) is 0 Å². The number of hydrogen-bond donors (Lipinski definition) is 3. The number of nitrogens with two attached hydrogens (primary N) is 2. The van der Waals surface area contributed by atoms with Crippen molar-refractivity contribution in [1.82, 2.24) is 15.0 Å². The molecule has 0 aliphatic carbocycles. The molecular weight excluding hydrogens is 226 g/mol. The van der Waals surface area contributed by atoms with Gasteiger partial charge in [-0.2, -0.15) is 15.0 Å². The summed E-state index contributed by atoms with van der Waals surface area (Å²) in [5.74, 6) is 0.0427. The highest BCUT2D eigenvalue weighted by Crippen LogP contribution is 2.19. The number of hydrogen-bond acceptors (Lipinski definition) is 8. The van der Waals surface area contributed by atoms with Crippen LogP contribution >= 0.6 is 0 Å². The van der Waals surface area contributed by atoms with Gasteiger partial charge in [0, 0.05) is 0 Å². The standard InChI is InChI=1S/C9H15N5O3/c10-7-12-8(11)14-9(13-7)16-4-6-2-1-5(3-15)17-6/h5-6,15H,1-4H2,(H4,10,11,12,13,14)/t5-,6+/m0/s1. The molecule has 2 atom stereocenters. The van der Waals surface area contributed by atoms with Crippen LogP contribution in [0.5, 0.6) is 6.01 Å². The summed E-state index contributed by atoms with van der Waals surface area (Å²) in [6.07, 6.45) is 1.50. The van der Waals surface area contributed by atoms with Crippen LogP contribution in [0.1, 0.15) is 12.8 Å². The molecule has 2 rings (SSSR count). The molecule has 8 heteroatoms. The Morgan fingerprint density at radius 3 is 2.41 bits per heavy atom. The third kappa shape index (κ3) is 3.14. The van der Waals surface area contributed by atoms with Crippen molar-refractivity contribution in [3.8, 4) is 6.01 Å². The Morgan fingerprint density at radius 2 is 1.82 bits per heavy atom. The third-order valence-corrected chi connectivity index (χ3v) is 2.45. The van der Waals surface area contributed by atoms with E-state index in [1.54, 1.807) is 0 Å². The van der Waals surface area contributed by atoms with Gasteiger partial charge in [-0.05, 0) is 12.8 Å². The first-order valence-corrected chi connectivity index (χ1v) is 5.33. The van der Waals surface area contributed by atoms with Crippen molar-refractivity contribution >= 4 is 11.9 Å². The molecule has 0 spiro atoms. The molecular formula is C9H15N5O3. The van der Waals surface area contributed by atoms with Crippen molar-refractivity contribution in [2.24, 2.45) is 0 Å². The highest BCUT2D eigenvalue weighted by atomic mass is 16.6. The second kappa shape index (κ2) is 5.11. The lowest BCUT2D eigenvalue weighted by atomic mass is 10.2. The largest absolute Gasteiger partial charge is 0.461 e. The predicted molar refractivity (Wildman–Crippen MR) is 59.1 cm³/mol. The maximum atomic E-state index is 8.91. The van der Waals surface area contributed by atoms with Gasteiger partial charge in [0.15, 0.2) is 0 Å². The number of nitrogens with zero attached hydrogens (tertiary/aromatic N) is 3. The molecule has 1 fully saturated rings. The summed E-state index contributed by atoms with van der Waals surface area (Å²) in [5.41, 5.74) is 10.8. The van der Waals surface area contributed by atoms with Crippen LogP contribution in [0.3, 0.4) is 0 Å². The molecule has 0 saturated carbocycles. The highest BCUT2D eigenvalue weighted by Gasteiger charge is 2.25. The van der Waals surface area contributed by atoms with Gasteiger partial charge in [-0.3, -0.25) is 0 Å². The summed E-state index contributed by atoms with van der Waals surface area (Å²) in [6.45, 7) is 0.335. The van der Waals surface area contributed by atoms with E-state index < -0.39 is 0 Å². The van der Waals surface area contributed by atoms with E-state index in [1.807, 2.05) is 0 Å². The molecule has 1 aliphatic rings. The summed E-state index contributed by atoms with van der Waals surface area (Å²) in [4.78, 5) is 11.2. The molecule has 0 amide bonds. The number of aliphatic hydroxyl groups excluding tert-OH is 1. The van der Waals surface area contributed by atoms with E-state index >= 15 is 0 Å². The number of nitrogen functional groups attached to an aromatic ring is 2. The summed E-state index contributed by atoms with van der Waals surface area (Å²) in [5, 5.41) is 8.91. The van der Waals surface area contributed by atoms with E-state index in [-0.39, 0.29) is 36.7 Å². The second-order valence-electron chi connectivity index (χ2n) is 3.79. The molecule has 17 heavy (non-hydrogen) atoms. The molecule has 0 bridgehead atoms. The molecule has 8 nitrogen and oxygen atoms in total. The average Bonchev–Trinajstić information content (AvgIpc) is 2.73. The van der Waals surface area contributed by atoms with Crippen LogP contribution in [0.2, 0.25) is 0 Å². The first kappa shape index (κ1) is 11.8. The van der Waals surface area contributed by atoms with E-state index in [9.17, 15) is 0 Å². The number of aliphatic hydroxyl groups is 1. The second-order valence-corrected chi connectivity index (χ2v) is 3.79. The van der Waals surface area contributed by atoms with Crippen molar-refractivity contribution in [3.63, 3.8) is 0 Å². The van der Waals surface area contributed by atoms with Crippen LogP contribution in [0.25, 0.3) is 0 Å². The SMILES string of the molecule is Nc1nc(N)nc(OC[C@H]2CC[C@@H](CO)O2)n1. The van der Waals surface area contributed by atoms with Crippen molar-refractivity contribution in [3.05, 3.63) is 0 Å². The van der Waals surface area contributed by atoms with Crippen LogP contribution in [-0.4, -0.2) is 45.5 Å². The lowest BCUT2D eigenvalue weighted by Crippen LogP contribution is -2.21. The molecule has 0 radical (unpaired) electrons. The van der Waals surface area contributed by atoms with Crippen LogP contribution < -0.4 is 16.2 Å². The molecule has 1 aliphatic heterocycles. The molecule has 5 N–H and O–H groups in total. The number of ether oxygens (including phenoxy) is 2. The van der Waals surface area contributed by atoms with E-state index in [0.29, 0.717) is 6.61 Å². The van der Waals surface area contributed by atoms with Gasteiger partial charge in [0.05, 0.1) is 18.8 Å². The van der Waals surface area contributed by atoms with E-state index in [1.165, 1.54) is 0 Å². The Morgan fingerprint density at radius 1 is 1.18 bits per heavy atom. The maximum Gasteiger partial charge on any atom is 0.323 e. The summed E-state index contributed by atoms with van der Waals surface area (Å²) in [6, 6.07) is 0.0889. The summed E-state index contributed by atoms with van der Waals surface area (Å²) in [7, 11) is 0. The van der Waals surface area contributed by atoms with Gasteiger partial charge in [-0.25, -0.2) is 0 Å². The highest BCUT2D eigenvalue weighted by molar-refractivity contribution is 5.27. The quantitative estimate of drug-likeness (QED) is 0.609. The summed E-state index contributed by atoms with van der Waals surface area (Å²) >= 11 is 0. The molecule has 1 aromatic heterocycles. The Balaban J connectivity index is 1.85. The minimum atomic E-state index is -0.0999. The van der Waals surface area contributed by atoms with Gasteiger partial charge in [0.2, 0.25) is 11.9 Å². The van der Waals surface area contributed by atoms with Crippen molar-refractivity contribution in [2.75, 3.05) is 24.7 Å². The maximum absolute atomic E-state index is 8.91. The van der Waals surface area contributed by atoms with Gasteiger partial charge >= 0.3 is 6.01 Å². The minimum absolute atomic E-state index is 0.0214. The van der Waals surface area contributed by atoms with E-state index in [4.69, 9.17) is 26.0 Å². The molecule has 1 aromatic rings. The average molecular weight is 241 g/mol. The zero-order valence-corrected chi connectivity index (χ0v) is 9.24. The Bertz CT molecular complexity index is 369. The van der Waals surface area contributed by atoms with Crippen LogP contribution in [0.15, 0.2) is 0 Å². The Kier molecular flexibility index (Phi) is 3.55. The Hall–Kier alpha value is -1.67. The van der Waals surface area contributed by atoms with Gasteiger partial charge in [0.25, 0.3) is 0 Å². The van der Waals surface area contributed by atoms with Gasteiger partial charge in [-0.1, -0.05) is 0 Å². The van der Waals surface area contributed by atoms with Crippen molar-refractivity contribution < 1.29 is 14.6 Å². The minimum Gasteiger partial charge on any atom is -0.461 e. The van der Waals surface area contributed by atoms with Crippen LogP contribution in [0.4, 0.5) is 11.9 Å². The topological polar surface area (TPSA) is 129 Å². The summed E-state index contributed by atoms with van der Waals surface area (Å²) < 4.78 is 10.8. The predicted octanol–water partition coefficient (Wildman–Crippen LogP) is -1.05. The fourth-order valence-electron chi connectivity index (χ4n) is 1.66. The fraction of sp³-hybridized carbons (Fsp3) is 0.667. The zero-order valence-electron chi connectivity index (χ0n) is 9.24. The molecule has 0 aromatic carbocycles. The van der Waals surface area contributed by atoms with Gasteiger partial charge in [-0.15, -0.1) is 0 Å². The lowest BCUT2D eigenvalue weighted by molar-refractivity contribution is -0.00860. The Labute approximate surface area is 98.0 Å². The van der Waals surface area contributed by atoms with Crippen molar-refractivity contribution in [2.45, 2.75) is 25.0 Å². The normalized spacial score (nSPS) is 23.8. The zero-order chi connectivity index (χ0) is 12.3. The first-order valence-electron chi connectivity index (χ1n) is 5.33. The molecule has 1 saturated heterocycles. The van der Waals surface area contributed by atoms with Gasteiger partial charge < -0.3 is 26.0 Å². The number of anilines is 2. The molecule has 0 unspecified atom stereocenters. The number of rotatable bonds is 4.